The van der Waals surface area contributed by atoms with Crippen molar-refractivity contribution < 1.29 is 9.53 Å². The number of hydrogen-bond acceptors (Lipinski definition) is 3. The molecule has 3 heteroatoms. The molecular formula is C16H23NO2. The molecule has 1 aromatic rings. The monoisotopic (exact) mass is 261 g/mol. The molecule has 0 amide bonds. The first-order chi connectivity index (χ1) is 9.13. The predicted molar refractivity (Wildman–Crippen MR) is 76.7 cm³/mol. The van der Waals surface area contributed by atoms with Gasteiger partial charge in [-0.3, -0.25) is 9.69 Å². The van der Waals surface area contributed by atoms with Gasteiger partial charge in [0.1, 0.15) is 5.75 Å². The Morgan fingerprint density at radius 2 is 2.26 bits per heavy atom. The third kappa shape index (κ3) is 3.35. The Bertz CT molecular complexity index is 456. The molecule has 0 aromatic heterocycles. The van der Waals surface area contributed by atoms with Gasteiger partial charge >= 0.3 is 0 Å². The van der Waals surface area contributed by atoms with Crippen molar-refractivity contribution in [3.8, 4) is 5.75 Å². The lowest BCUT2D eigenvalue weighted by Gasteiger charge is -2.18. The van der Waals surface area contributed by atoms with Crippen molar-refractivity contribution >= 4 is 5.78 Å². The molecule has 0 N–H and O–H groups in total. The highest BCUT2D eigenvalue weighted by Gasteiger charge is 2.22. The van der Waals surface area contributed by atoms with Crippen LogP contribution >= 0.6 is 0 Å². The summed E-state index contributed by atoms with van der Waals surface area (Å²) in [6.45, 7) is 7.04. The molecule has 1 aliphatic rings. The Balaban J connectivity index is 2.14. The highest BCUT2D eigenvalue weighted by atomic mass is 16.5. The minimum Gasteiger partial charge on any atom is -0.496 e. The maximum atomic E-state index is 11.5. The summed E-state index contributed by atoms with van der Waals surface area (Å²) >= 11 is 0. The number of likely N-dealkylation sites (tertiary alicyclic amines) is 1. The van der Waals surface area contributed by atoms with Gasteiger partial charge in [0.2, 0.25) is 0 Å². The van der Waals surface area contributed by atoms with Crippen molar-refractivity contribution in [1.29, 1.82) is 0 Å². The van der Waals surface area contributed by atoms with Crippen LogP contribution in [0.3, 0.4) is 0 Å². The molecule has 19 heavy (non-hydrogen) atoms. The van der Waals surface area contributed by atoms with E-state index in [0.29, 0.717) is 0 Å². The second kappa shape index (κ2) is 6.20. The van der Waals surface area contributed by atoms with Gasteiger partial charge in [-0.15, -0.1) is 0 Å². The van der Waals surface area contributed by atoms with Gasteiger partial charge < -0.3 is 4.74 Å². The fraction of sp³-hybridized carbons (Fsp3) is 0.562. The highest BCUT2D eigenvalue weighted by molar-refractivity contribution is 5.94. The molecule has 2 rings (SSSR count). The highest BCUT2D eigenvalue weighted by Crippen LogP contribution is 2.26. The van der Waals surface area contributed by atoms with Crippen LogP contribution in [0.25, 0.3) is 0 Å². The van der Waals surface area contributed by atoms with E-state index in [4.69, 9.17) is 4.74 Å². The summed E-state index contributed by atoms with van der Waals surface area (Å²) in [5.74, 6) is 1.81. The molecule has 1 aromatic carbocycles. The summed E-state index contributed by atoms with van der Waals surface area (Å²) in [6.07, 6.45) is 2.53. The van der Waals surface area contributed by atoms with E-state index in [1.165, 1.54) is 12.8 Å². The second-order valence-electron chi connectivity index (χ2n) is 5.38. The van der Waals surface area contributed by atoms with Crippen LogP contribution in [0.15, 0.2) is 18.2 Å². The smallest absolute Gasteiger partial charge is 0.159 e. The number of Topliss-reactive ketones (excluding diaryl/α,β-unsaturated/α-hetero) is 1. The first-order valence-corrected chi connectivity index (χ1v) is 7.04. The molecule has 0 spiro atoms. The molecule has 0 aliphatic carbocycles. The van der Waals surface area contributed by atoms with Crippen LogP contribution in [0, 0.1) is 5.92 Å². The maximum Gasteiger partial charge on any atom is 0.159 e. The van der Waals surface area contributed by atoms with E-state index in [-0.39, 0.29) is 5.78 Å². The van der Waals surface area contributed by atoms with Crippen LogP contribution in [0.4, 0.5) is 0 Å². The average molecular weight is 261 g/mol. The quantitative estimate of drug-likeness (QED) is 0.763. The van der Waals surface area contributed by atoms with Gasteiger partial charge in [-0.05, 0) is 44.0 Å². The Hall–Kier alpha value is -1.35. The van der Waals surface area contributed by atoms with Crippen LogP contribution in [0.2, 0.25) is 0 Å². The summed E-state index contributed by atoms with van der Waals surface area (Å²) < 4.78 is 5.41. The van der Waals surface area contributed by atoms with E-state index in [9.17, 15) is 4.79 Å². The Kier molecular flexibility index (Phi) is 4.59. The molecule has 1 unspecified atom stereocenters. The molecule has 0 bridgehead atoms. The van der Waals surface area contributed by atoms with Gasteiger partial charge in [-0.2, -0.15) is 0 Å². The van der Waals surface area contributed by atoms with Crippen LogP contribution in [0.1, 0.15) is 42.6 Å². The molecule has 0 radical (unpaired) electrons. The second-order valence-corrected chi connectivity index (χ2v) is 5.38. The number of hydrogen-bond donors (Lipinski definition) is 0. The van der Waals surface area contributed by atoms with E-state index < -0.39 is 0 Å². The van der Waals surface area contributed by atoms with Gasteiger partial charge in [-0.1, -0.05) is 13.3 Å². The van der Waals surface area contributed by atoms with E-state index in [0.717, 1.165) is 42.4 Å². The molecule has 1 atom stereocenters. The zero-order valence-electron chi connectivity index (χ0n) is 12.1. The Morgan fingerprint density at radius 3 is 2.84 bits per heavy atom. The van der Waals surface area contributed by atoms with Crippen molar-refractivity contribution in [3.63, 3.8) is 0 Å². The zero-order valence-corrected chi connectivity index (χ0v) is 12.1. The molecule has 104 valence electrons. The minimum absolute atomic E-state index is 0.108. The van der Waals surface area contributed by atoms with Crippen molar-refractivity contribution in [2.45, 2.75) is 33.2 Å². The third-order valence-electron chi connectivity index (χ3n) is 4.03. The number of nitrogens with zero attached hydrogens (tertiary/aromatic N) is 1. The molecule has 3 nitrogen and oxygen atoms in total. The normalized spacial score (nSPS) is 19.6. The van der Waals surface area contributed by atoms with E-state index in [1.807, 2.05) is 18.2 Å². The summed E-state index contributed by atoms with van der Waals surface area (Å²) in [6, 6.07) is 5.71. The van der Waals surface area contributed by atoms with Crippen LogP contribution < -0.4 is 4.74 Å². The molecule has 0 saturated carbocycles. The summed E-state index contributed by atoms with van der Waals surface area (Å²) in [7, 11) is 1.69. The number of methoxy groups -OCH3 is 1. The molecule has 1 fully saturated rings. The Morgan fingerprint density at radius 1 is 1.47 bits per heavy atom. The van der Waals surface area contributed by atoms with E-state index in [2.05, 4.69) is 11.8 Å². The van der Waals surface area contributed by atoms with Crippen molar-refractivity contribution in [1.82, 2.24) is 4.90 Å². The maximum absolute atomic E-state index is 11.5. The first-order valence-electron chi connectivity index (χ1n) is 7.04. The number of rotatable bonds is 5. The molecular weight excluding hydrogens is 238 g/mol. The van der Waals surface area contributed by atoms with Crippen LogP contribution in [-0.4, -0.2) is 30.9 Å². The topological polar surface area (TPSA) is 29.5 Å². The lowest BCUT2D eigenvalue weighted by atomic mass is 10.1. The van der Waals surface area contributed by atoms with Gasteiger partial charge in [0.25, 0.3) is 0 Å². The molecule has 1 aliphatic heterocycles. The van der Waals surface area contributed by atoms with Gasteiger partial charge in [-0.25, -0.2) is 0 Å². The van der Waals surface area contributed by atoms with Crippen molar-refractivity contribution in [3.05, 3.63) is 29.3 Å². The molecule has 1 saturated heterocycles. The van der Waals surface area contributed by atoms with Crippen molar-refractivity contribution in [2.75, 3.05) is 20.2 Å². The van der Waals surface area contributed by atoms with Crippen LogP contribution in [0.5, 0.6) is 5.75 Å². The fourth-order valence-corrected chi connectivity index (χ4v) is 2.75. The number of ether oxygens (including phenoxy) is 1. The van der Waals surface area contributed by atoms with E-state index in [1.54, 1.807) is 14.0 Å². The Labute approximate surface area is 115 Å². The summed E-state index contributed by atoms with van der Waals surface area (Å²) in [5, 5.41) is 0. The van der Waals surface area contributed by atoms with Crippen LogP contribution in [-0.2, 0) is 6.54 Å². The van der Waals surface area contributed by atoms with Crippen molar-refractivity contribution in [2.24, 2.45) is 5.92 Å². The van der Waals surface area contributed by atoms with E-state index >= 15 is 0 Å². The largest absolute Gasteiger partial charge is 0.496 e. The lowest BCUT2D eigenvalue weighted by molar-refractivity contribution is 0.101. The molecule has 1 heterocycles. The average Bonchev–Trinajstić information content (AvgIpc) is 2.86. The third-order valence-corrected chi connectivity index (χ3v) is 4.03. The number of benzene rings is 1. The lowest BCUT2D eigenvalue weighted by Crippen LogP contribution is -2.20. The SMILES string of the molecule is CCC1CCN(Cc2cc(C(C)=O)ccc2OC)C1. The first kappa shape index (κ1) is 14.1. The van der Waals surface area contributed by atoms with Gasteiger partial charge in [0, 0.05) is 24.2 Å². The zero-order chi connectivity index (χ0) is 13.8. The summed E-state index contributed by atoms with van der Waals surface area (Å²) in [5.41, 5.74) is 1.88. The van der Waals surface area contributed by atoms with Gasteiger partial charge in [0.05, 0.1) is 7.11 Å². The fourth-order valence-electron chi connectivity index (χ4n) is 2.75. The summed E-state index contributed by atoms with van der Waals surface area (Å²) in [4.78, 5) is 13.9. The predicted octanol–water partition coefficient (Wildman–Crippen LogP) is 3.13. The number of carbonyl (C=O) groups is 1. The minimum atomic E-state index is 0.108. The number of carbonyl (C=O) groups excluding carboxylic acids is 1. The van der Waals surface area contributed by atoms with Gasteiger partial charge in [0.15, 0.2) is 5.78 Å². The number of ketones is 1. The standard InChI is InChI=1S/C16H23NO2/c1-4-13-7-8-17(10-13)11-15-9-14(12(2)18)5-6-16(15)19-3/h5-6,9,13H,4,7-8,10-11H2,1-3H3.